The molecule has 4 nitrogen and oxygen atoms in total. The highest BCUT2D eigenvalue weighted by atomic mass is 35.5. The van der Waals surface area contributed by atoms with Crippen LogP contribution in [0.4, 0.5) is 15.9 Å². The minimum atomic E-state index is -0.458. The number of halogens is 2. The zero-order valence-electron chi connectivity index (χ0n) is 14.3. The number of para-hydroxylation sites is 1. The fourth-order valence-electron chi connectivity index (χ4n) is 2.63. The first-order valence-corrected chi connectivity index (χ1v) is 8.33. The highest BCUT2D eigenvalue weighted by Crippen LogP contribution is 2.28. The molecule has 3 rings (SSSR count). The summed E-state index contributed by atoms with van der Waals surface area (Å²) in [4.78, 5) is 16.7. The molecular weight excluding hydrogens is 353 g/mol. The van der Waals surface area contributed by atoms with E-state index in [0.29, 0.717) is 21.8 Å². The monoisotopic (exact) mass is 369 g/mol. The van der Waals surface area contributed by atoms with E-state index in [-0.39, 0.29) is 17.2 Å². The zero-order valence-corrected chi connectivity index (χ0v) is 15.1. The lowest BCUT2D eigenvalue weighted by Crippen LogP contribution is -2.16. The van der Waals surface area contributed by atoms with E-state index in [9.17, 15) is 9.18 Å². The number of pyridine rings is 1. The van der Waals surface area contributed by atoms with E-state index in [2.05, 4.69) is 10.3 Å². The maximum atomic E-state index is 14.2. The Hall–Kier alpha value is -2.92. The molecule has 0 saturated carbocycles. The Bertz CT molecular complexity index is 984. The molecule has 0 unspecified atom stereocenters. The Morgan fingerprint density at radius 2 is 1.96 bits per heavy atom. The minimum absolute atomic E-state index is 0.0588. The van der Waals surface area contributed by atoms with Crippen molar-refractivity contribution >= 4 is 29.0 Å². The smallest absolute Gasteiger partial charge is 0.259 e. The number of nitrogen functional groups attached to an aromatic ring is 1. The SMILES string of the molecule is Cc1ccc(-c2cnc(N)c(C(=O)Nc3c(C)cccc3Cl)c2)c(F)c1. The molecule has 0 spiro atoms. The lowest BCUT2D eigenvalue weighted by atomic mass is 10.0. The third-order valence-electron chi connectivity index (χ3n) is 4.06. The maximum Gasteiger partial charge on any atom is 0.259 e. The number of hydrogen-bond acceptors (Lipinski definition) is 3. The van der Waals surface area contributed by atoms with Gasteiger partial charge in [0, 0.05) is 17.3 Å². The molecule has 0 atom stereocenters. The van der Waals surface area contributed by atoms with E-state index in [0.717, 1.165) is 11.1 Å². The van der Waals surface area contributed by atoms with Crippen LogP contribution in [0.1, 0.15) is 21.5 Å². The number of aromatic nitrogens is 1. The molecule has 2 aromatic carbocycles. The Morgan fingerprint density at radius 3 is 2.65 bits per heavy atom. The van der Waals surface area contributed by atoms with Crippen LogP contribution < -0.4 is 11.1 Å². The van der Waals surface area contributed by atoms with Crippen molar-refractivity contribution in [1.82, 2.24) is 4.98 Å². The van der Waals surface area contributed by atoms with Crippen LogP contribution in [0.2, 0.25) is 5.02 Å². The molecule has 0 aliphatic rings. The van der Waals surface area contributed by atoms with Gasteiger partial charge in [-0.3, -0.25) is 4.79 Å². The first-order chi connectivity index (χ1) is 12.4. The predicted octanol–water partition coefficient (Wildman–Crippen LogP) is 4.99. The molecule has 0 aliphatic heterocycles. The summed E-state index contributed by atoms with van der Waals surface area (Å²) in [6.45, 7) is 3.64. The molecule has 0 bridgehead atoms. The van der Waals surface area contributed by atoms with E-state index < -0.39 is 5.91 Å². The lowest BCUT2D eigenvalue weighted by Gasteiger charge is -2.12. The number of carbonyl (C=O) groups excluding carboxylic acids is 1. The highest BCUT2D eigenvalue weighted by molar-refractivity contribution is 6.34. The van der Waals surface area contributed by atoms with E-state index in [1.165, 1.54) is 18.3 Å². The maximum absolute atomic E-state index is 14.2. The summed E-state index contributed by atoms with van der Waals surface area (Å²) in [7, 11) is 0. The van der Waals surface area contributed by atoms with Gasteiger partial charge >= 0.3 is 0 Å². The number of nitrogens with one attached hydrogen (secondary N) is 1. The average molecular weight is 370 g/mol. The molecule has 1 heterocycles. The molecule has 0 aliphatic carbocycles. The van der Waals surface area contributed by atoms with Gasteiger partial charge in [-0.2, -0.15) is 0 Å². The molecule has 132 valence electrons. The lowest BCUT2D eigenvalue weighted by molar-refractivity contribution is 0.102. The van der Waals surface area contributed by atoms with Crippen molar-refractivity contribution in [3.05, 3.63) is 76.2 Å². The molecule has 0 saturated heterocycles. The summed E-state index contributed by atoms with van der Waals surface area (Å²) in [5.41, 5.74) is 8.97. The number of hydrogen-bond donors (Lipinski definition) is 2. The second kappa shape index (κ2) is 7.14. The number of anilines is 2. The Kier molecular flexibility index (Phi) is 4.91. The standard InChI is InChI=1S/C20H17ClFN3O/c1-11-6-7-14(17(22)8-11)13-9-15(19(23)24-10-13)20(26)25-18-12(2)4-3-5-16(18)21/h3-10H,1-2H3,(H2,23,24)(H,25,26). The summed E-state index contributed by atoms with van der Waals surface area (Å²) < 4.78 is 14.2. The first kappa shape index (κ1) is 17.9. The summed E-state index contributed by atoms with van der Waals surface area (Å²) >= 11 is 6.15. The van der Waals surface area contributed by atoms with Crippen molar-refractivity contribution in [3.8, 4) is 11.1 Å². The van der Waals surface area contributed by atoms with Crippen LogP contribution >= 0.6 is 11.6 Å². The van der Waals surface area contributed by atoms with Crippen LogP contribution in [-0.4, -0.2) is 10.9 Å². The van der Waals surface area contributed by atoms with Gasteiger partial charge < -0.3 is 11.1 Å². The summed E-state index contributed by atoms with van der Waals surface area (Å²) in [6, 6.07) is 11.7. The minimum Gasteiger partial charge on any atom is -0.383 e. The Labute approximate surface area is 155 Å². The van der Waals surface area contributed by atoms with Gasteiger partial charge in [0.15, 0.2) is 0 Å². The van der Waals surface area contributed by atoms with Crippen molar-refractivity contribution in [2.45, 2.75) is 13.8 Å². The number of amides is 1. The van der Waals surface area contributed by atoms with Gasteiger partial charge in [0.1, 0.15) is 11.6 Å². The van der Waals surface area contributed by atoms with Crippen molar-refractivity contribution < 1.29 is 9.18 Å². The van der Waals surface area contributed by atoms with Gasteiger partial charge in [-0.05, 0) is 43.2 Å². The van der Waals surface area contributed by atoms with Gasteiger partial charge in [-0.15, -0.1) is 0 Å². The van der Waals surface area contributed by atoms with Crippen LogP contribution in [0.25, 0.3) is 11.1 Å². The second-order valence-corrected chi connectivity index (χ2v) is 6.43. The van der Waals surface area contributed by atoms with E-state index in [4.69, 9.17) is 17.3 Å². The fraction of sp³-hybridized carbons (Fsp3) is 0.100. The molecule has 3 aromatic rings. The van der Waals surface area contributed by atoms with E-state index >= 15 is 0 Å². The second-order valence-electron chi connectivity index (χ2n) is 6.03. The van der Waals surface area contributed by atoms with Gasteiger partial charge in [0.25, 0.3) is 5.91 Å². The number of nitrogens with zero attached hydrogens (tertiary/aromatic N) is 1. The average Bonchev–Trinajstić information content (AvgIpc) is 2.59. The Morgan fingerprint density at radius 1 is 1.19 bits per heavy atom. The van der Waals surface area contributed by atoms with Crippen molar-refractivity contribution in [2.75, 3.05) is 11.1 Å². The topological polar surface area (TPSA) is 68.0 Å². The van der Waals surface area contributed by atoms with Gasteiger partial charge in [-0.25, -0.2) is 9.37 Å². The Balaban J connectivity index is 1.99. The van der Waals surface area contributed by atoms with Crippen LogP contribution in [-0.2, 0) is 0 Å². The number of carbonyl (C=O) groups is 1. The van der Waals surface area contributed by atoms with E-state index in [1.807, 2.05) is 13.0 Å². The van der Waals surface area contributed by atoms with Crippen molar-refractivity contribution in [1.29, 1.82) is 0 Å². The normalized spacial score (nSPS) is 10.6. The molecule has 3 N–H and O–H groups in total. The first-order valence-electron chi connectivity index (χ1n) is 7.95. The third kappa shape index (κ3) is 3.53. The van der Waals surface area contributed by atoms with Crippen LogP contribution in [0.5, 0.6) is 0 Å². The molecular formula is C20H17ClFN3O. The van der Waals surface area contributed by atoms with Gasteiger partial charge in [0.05, 0.1) is 16.3 Å². The largest absolute Gasteiger partial charge is 0.383 e. The van der Waals surface area contributed by atoms with Crippen LogP contribution in [0.15, 0.2) is 48.7 Å². The van der Waals surface area contributed by atoms with Crippen LogP contribution in [0, 0.1) is 19.7 Å². The van der Waals surface area contributed by atoms with Gasteiger partial charge in [0.2, 0.25) is 0 Å². The number of nitrogens with two attached hydrogens (primary N) is 1. The quantitative estimate of drug-likeness (QED) is 0.683. The summed E-state index contributed by atoms with van der Waals surface area (Å²) in [5, 5.41) is 3.18. The third-order valence-corrected chi connectivity index (χ3v) is 4.37. The zero-order chi connectivity index (χ0) is 18.8. The van der Waals surface area contributed by atoms with Crippen LogP contribution in [0.3, 0.4) is 0 Å². The molecule has 0 radical (unpaired) electrons. The number of aryl methyl sites for hydroxylation is 2. The fourth-order valence-corrected chi connectivity index (χ4v) is 2.90. The molecule has 1 amide bonds. The summed E-state index contributed by atoms with van der Waals surface area (Å²) in [6.07, 6.45) is 1.45. The highest BCUT2D eigenvalue weighted by Gasteiger charge is 2.16. The summed E-state index contributed by atoms with van der Waals surface area (Å²) in [5.74, 6) is -0.783. The van der Waals surface area contributed by atoms with Gasteiger partial charge in [-0.1, -0.05) is 35.9 Å². The predicted molar refractivity (Wildman–Crippen MR) is 103 cm³/mol. The molecule has 6 heteroatoms. The molecule has 26 heavy (non-hydrogen) atoms. The van der Waals surface area contributed by atoms with Crippen molar-refractivity contribution in [3.63, 3.8) is 0 Å². The molecule has 1 aromatic heterocycles. The number of benzene rings is 2. The number of rotatable bonds is 3. The molecule has 0 fully saturated rings. The van der Waals surface area contributed by atoms with Crippen molar-refractivity contribution in [2.24, 2.45) is 0 Å². The van der Waals surface area contributed by atoms with E-state index in [1.54, 1.807) is 31.2 Å².